The Hall–Kier alpha value is -4.50. The minimum absolute atomic E-state index is 0.0812. The summed E-state index contributed by atoms with van der Waals surface area (Å²) in [6.45, 7) is 0.709. The largest absolute Gasteiger partial charge is 0.351 e. The second-order valence-electron chi connectivity index (χ2n) is 10.8. The zero-order valence-corrected chi connectivity index (χ0v) is 24.0. The Balaban J connectivity index is 0.000000229. The number of halogens is 5. The first-order chi connectivity index (χ1) is 21.0. The van der Waals surface area contributed by atoms with Crippen molar-refractivity contribution in [2.75, 3.05) is 16.3 Å². The number of carbonyl (C=O) groups is 3. The van der Waals surface area contributed by atoms with E-state index in [4.69, 9.17) is 16.9 Å². The molecule has 1 atom stereocenters. The first-order valence-corrected chi connectivity index (χ1v) is 14.2. The summed E-state index contributed by atoms with van der Waals surface area (Å²) in [6, 6.07) is 11.9. The summed E-state index contributed by atoms with van der Waals surface area (Å²) in [4.78, 5) is 43.6. The average molecular weight is 628 g/mol. The number of anilines is 2. The summed E-state index contributed by atoms with van der Waals surface area (Å²) in [7, 11) is 0. The van der Waals surface area contributed by atoms with E-state index in [2.05, 4.69) is 10.3 Å². The molecule has 2 aromatic carbocycles. The summed E-state index contributed by atoms with van der Waals surface area (Å²) < 4.78 is 54.3. The van der Waals surface area contributed by atoms with E-state index < -0.39 is 47.9 Å². The summed E-state index contributed by atoms with van der Waals surface area (Å²) in [5.74, 6) is -4.71. The van der Waals surface area contributed by atoms with Crippen LogP contribution in [-0.2, 0) is 26.3 Å². The zero-order chi connectivity index (χ0) is 31.6. The van der Waals surface area contributed by atoms with Gasteiger partial charge in [-0.3, -0.25) is 24.2 Å². The van der Waals surface area contributed by atoms with E-state index in [1.165, 1.54) is 0 Å². The fourth-order valence-electron chi connectivity index (χ4n) is 5.88. The molecule has 1 aliphatic heterocycles. The molecule has 0 radical (unpaired) electrons. The van der Waals surface area contributed by atoms with E-state index in [0.717, 1.165) is 23.5 Å². The van der Waals surface area contributed by atoms with Crippen LogP contribution >= 0.6 is 11.6 Å². The summed E-state index contributed by atoms with van der Waals surface area (Å²) in [5.41, 5.74) is -0.279. The van der Waals surface area contributed by atoms with Crippen molar-refractivity contribution in [3.63, 3.8) is 0 Å². The normalized spacial score (nSPS) is 20.1. The van der Waals surface area contributed by atoms with Crippen molar-refractivity contribution in [3.8, 4) is 6.07 Å². The third-order valence-electron chi connectivity index (χ3n) is 7.97. The average Bonchev–Trinajstić information content (AvgIpc) is 3.58. The number of benzene rings is 2. The number of nitrogens with one attached hydrogen (secondary N) is 1. The van der Waals surface area contributed by atoms with Crippen LogP contribution in [-0.4, -0.2) is 41.7 Å². The molecule has 1 N–H and O–H groups in total. The van der Waals surface area contributed by atoms with Gasteiger partial charge in [0.2, 0.25) is 12.3 Å². The van der Waals surface area contributed by atoms with Gasteiger partial charge in [0.15, 0.2) is 5.54 Å². The molecule has 1 unspecified atom stereocenters. The summed E-state index contributed by atoms with van der Waals surface area (Å²) in [5, 5.41) is 11.7. The number of alkyl halides is 2. The molecule has 3 aromatic rings. The van der Waals surface area contributed by atoms with E-state index >= 15 is 0 Å². The van der Waals surface area contributed by atoms with E-state index in [0.29, 0.717) is 59.4 Å². The number of amides is 3. The number of aromatic nitrogens is 1. The maximum absolute atomic E-state index is 13.9. The van der Waals surface area contributed by atoms with Crippen LogP contribution in [0.3, 0.4) is 0 Å². The maximum atomic E-state index is 13.9. The second-order valence-corrected chi connectivity index (χ2v) is 11.2. The van der Waals surface area contributed by atoms with Gasteiger partial charge in [-0.25, -0.2) is 22.5 Å². The van der Waals surface area contributed by atoms with Crippen molar-refractivity contribution >= 4 is 41.3 Å². The molecule has 0 bridgehead atoms. The molecular formula is C31H26ClF4N5O3. The fraction of sp³-hybridized carbons (Fsp3) is 0.323. The summed E-state index contributed by atoms with van der Waals surface area (Å²) in [6.07, 6.45) is 2.72. The molecule has 44 heavy (non-hydrogen) atoms. The van der Waals surface area contributed by atoms with Crippen molar-refractivity contribution in [1.82, 2.24) is 10.3 Å². The minimum Gasteiger partial charge on any atom is -0.351 e. The van der Waals surface area contributed by atoms with Gasteiger partial charge in [0.25, 0.3) is 11.8 Å². The monoisotopic (exact) mass is 627 g/mol. The van der Waals surface area contributed by atoms with E-state index in [1.807, 2.05) is 6.07 Å². The lowest BCUT2D eigenvalue weighted by atomic mass is 9.84. The first kappa shape index (κ1) is 30.9. The SMILES string of the molecule is N#Cc1ccnc(N2CCCC2=O)c1.O=CN(c1cc(F)cc(F)c1)C1(C(=O)NC2CC(F)(F)C2)CCc2c(Cl)cccc21. The Morgan fingerprint density at radius 3 is 2.48 bits per heavy atom. The van der Waals surface area contributed by atoms with Crippen molar-refractivity contribution < 1.29 is 31.9 Å². The van der Waals surface area contributed by atoms with Gasteiger partial charge in [0.1, 0.15) is 17.5 Å². The maximum Gasteiger partial charge on any atom is 0.252 e. The Bertz CT molecular complexity index is 1640. The van der Waals surface area contributed by atoms with Crippen molar-refractivity contribution in [1.29, 1.82) is 5.26 Å². The number of pyridine rings is 1. The summed E-state index contributed by atoms with van der Waals surface area (Å²) >= 11 is 6.27. The van der Waals surface area contributed by atoms with Gasteiger partial charge in [-0.1, -0.05) is 23.7 Å². The van der Waals surface area contributed by atoms with Crippen molar-refractivity contribution in [3.05, 3.63) is 88.1 Å². The highest BCUT2D eigenvalue weighted by atomic mass is 35.5. The quantitative estimate of drug-likeness (QED) is 0.290. The molecule has 3 amide bonds. The topological polar surface area (TPSA) is 106 Å². The van der Waals surface area contributed by atoms with Crippen LogP contribution in [0.1, 0.15) is 48.8 Å². The molecule has 228 valence electrons. The lowest BCUT2D eigenvalue weighted by molar-refractivity contribution is -0.135. The Morgan fingerprint density at radius 1 is 1.14 bits per heavy atom. The van der Waals surface area contributed by atoms with Crippen LogP contribution in [0.15, 0.2) is 54.7 Å². The van der Waals surface area contributed by atoms with Gasteiger partial charge in [-0.2, -0.15) is 5.26 Å². The second kappa shape index (κ2) is 12.2. The molecule has 1 saturated heterocycles. The minimum atomic E-state index is -2.85. The van der Waals surface area contributed by atoms with Crippen LogP contribution in [0, 0.1) is 23.0 Å². The molecule has 8 nitrogen and oxygen atoms in total. The standard InChI is InChI=1S/C21H17ClF4N2O2.C10H9N3O/c22-18-3-1-2-17-16(18)4-5-21(17,19(30)27-14-9-20(25,26)10-14)28(11-29)15-7-12(23)6-13(24)8-15;11-7-8-3-4-12-9(6-8)13-5-1-2-10(13)14/h1-3,6-8,11,14H,4-5,9-10H2,(H,27,30);3-4,6H,1-2,5H2. The molecule has 2 aliphatic carbocycles. The third kappa shape index (κ3) is 5.97. The van der Waals surface area contributed by atoms with Crippen LogP contribution in [0.25, 0.3) is 0 Å². The van der Waals surface area contributed by atoms with Crippen LogP contribution in [0.2, 0.25) is 5.02 Å². The number of fused-ring (bicyclic) bond motifs is 1. The van der Waals surface area contributed by atoms with E-state index in [1.54, 1.807) is 41.4 Å². The van der Waals surface area contributed by atoms with Gasteiger partial charge in [0, 0.05) is 49.1 Å². The van der Waals surface area contributed by atoms with Gasteiger partial charge in [-0.15, -0.1) is 0 Å². The van der Waals surface area contributed by atoms with Gasteiger partial charge in [0.05, 0.1) is 17.3 Å². The fourth-order valence-corrected chi connectivity index (χ4v) is 6.15. The highest BCUT2D eigenvalue weighted by molar-refractivity contribution is 6.31. The van der Waals surface area contributed by atoms with Crippen LogP contribution in [0.4, 0.5) is 29.1 Å². The molecule has 2 heterocycles. The Morgan fingerprint density at radius 2 is 1.86 bits per heavy atom. The van der Waals surface area contributed by atoms with Crippen LogP contribution in [0.5, 0.6) is 0 Å². The Kier molecular flexibility index (Phi) is 8.61. The molecule has 0 spiro atoms. The smallest absolute Gasteiger partial charge is 0.252 e. The highest BCUT2D eigenvalue weighted by Gasteiger charge is 2.54. The number of hydrogen-bond acceptors (Lipinski definition) is 5. The van der Waals surface area contributed by atoms with E-state index in [9.17, 15) is 31.9 Å². The van der Waals surface area contributed by atoms with Crippen molar-refractivity contribution in [2.45, 2.75) is 56.0 Å². The van der Waals surface area contributed by atoms with Gasteiger partial charge in [-0.05, 0) is 60.7 Å². The molecule has 6 rings (SSSR count). The predicted octanol–water partition coefficient (Wildman–Crippen LogP) is 5.42. The molecule has 13 heteroatoms. The van der Waals surface area contributed by atoms with Crippen LogP contribution < -0.4 is 15.1 Å². The molecule has 1 saturated carbocycles. The third-order valence-corrected chi connectivity index (χ3v) is 8.32. The molecule has 3 aliphatic rings. The lowest BCUT2D eigenvalue weighted by Gasteiger charge is -2.42. The number of rotatable bonds is 6. The number of carbonyl (C=O) groups excluding carboxylic acids is 3. The van der Waals surface area contributed by atoms with Crippen molar-refractivity contribution in [2.24, 2.45) is 0 Å². The lowest BCUT2D eigenvalue weighted by Crippen LogP contribution is -2.60. The predicted molar refractivity (Wildman–Crippen MR) is 153 cm³/mol. The number of hydrogen-bond donors (Lipinski definition) is 1. The molecular weight excluding hydrogens is 602 g/mol. The molecule has 2 fully saturated rings. The van der Waals surface area contributed by atoms with Gasteiger partial charge < -0.3 is 5.32 Å². The molecule has 1 aromatic heterocycles. The zero-order valence-electron chi connectivity index (χ0n) is 23.2. The first-order valence-electron chi connectivity index (χ1n) is 13.8. The highest BCUT2D eigenvalue weighted by Crippen LogP contribution is 2.47. The van der Waals surface area contributed by atoms with Gasteiger partial charge >= 0.3 is 0 Å². The Labute approximate surface area is 255 Å². The van der Waals surface area contributed by atoms with E-state index in [-0.39, 0.29) is 18.0 Å². The number of nitriles is 1. The number of nitrogens with zero attached hydrogens (tertiary/aromatic N) is 4.